The van der Waals surface area contributed by atoms with E-state index in [1.54, 1.807) is 0 Å². The fraction of sp³-hybridized carbons (Fsp3) is 0.438. The average Bonchev–Trinajstić information content (AvgIpc) is 2.58. The molecule has 2 aliphatic heterocycles. The molecule has 2 fully saturated rings. The fourth-order valence-electron chi connectivity index (χ4n) is 3.37. The van der Waals surface area contributed by atoms with Gasteiger partial charge < -0.3 is 0 Å². The third-order valence-corrected chi connectivity index (χ3v) is 4.46. The molecule has 0 aliphatic carbocycles. The molecule has 0 radical (unpaired) electrons. The van der Waals surface area contributed by atoms with Crippen LogP contribution in [-0.2, 0) is 4.79 Å². The van der Waals surface area contributed by atoms with E-state index >= 15 is 0 Å². The first-order chi connectivity index (χ1) is 8.66. The van der Waals surface area contributed by atoms with Gasteiger partial charge in [-0.15, -0.1) is 0 Å². The van der Waals surface area contributed by atoms with Gasteiger partial charge in [-0.1, -0.05) is 37.3 Å². The van der Waals surface area contributed by atoms with E-state index in [2.05, 4.69) is 37.1 Å². The van der Waals surface area contributed by atoms with Crippen LogP contribution in [0.5, 0.6) is 0 Å². The van der Waals surface area contributed by atoms with E-state index in [4.69, 9.17) is 0 Å². The third-order valence-electron chi connectivity index (χ3n) is 4.46. The number of nitrogens with zero attached hydrogens (tertiary/aromatic N) is 1. The quantitative estimate of drug-likeness (QED) is 0.705. The molecule has 18 heavy (non-hydrogen) atoms. The molecular formula is C16H19NO. The SMILES string of the molecule is C[C@H]1C[C@@H]2C(=O)/C(=C/c3ccccc3)C[C@H]1N2C. The van der Waals surface area contributed by atoms with Gasteiger partial charge in [-0.3, -0.25) is 9.69 Å². The first-order valence-corrected chi connectivity index (χ1v) is 6.68. The summed E-state index contributed by atoms with van der Waals surface area (Å²) in [5, 5.41) is 0. The van der Waals surface area contributed by atoms with Crippen LogP contribution in [-0.4, -0.2) is 29.8 Å². The highest BCUT2D eigenvalue weighted by atomic mass is 16.1. The van der Waals surface area contributed by atoms with Crippen LogP contribution in [0.15, 0.2) is 35.9 Å². The van der Waals surface area contributed by atoms with Gasteiger partial charge in [-0.2, -0.15) is 0 Å². The maximum Gasteiger partial charge on any atom is 0.176 e. The zero-order chi connectivity index (χ0) is 12.7. The molecule has 2 aliphatic rings. The van der Waals surface area contributed by atoms with E-state index in [0.717, 1.165) is 24.0 Å². The van der Waals surface area contributed by atoms with Crippen molar-refractivity contribution in [2.75, 3.05) is 7.05 Å². The summed E-state index contributed by atoms with van der Waals surface area (Å²) in [6.45, 7) is 2.26. The van der Waals surface area contributed by atoms with E-state index in [-0.39, 0.29) is 6.04 Å². The lowest BCUT2D eigenvalue weighted by molar-refractivity contribution is -0.121. The third kappa shape index (κ3) is 1.81. The number of hydrogen-bond donors (Lipinski definition) is 0. The number of carbonyl (C=O) groups is 1. The summed E-state index contributed by atoms with van der Waals surface area (Å²) in [6.07, 6.45) is 4.00. The monoisotopic (exact) mass is 241 g/mol. The minimum Gasteiger partial charge on any atom is -0.293 e. The van der Waals surface area contributed by atoms with E-state index < -0.39 is 0 Å². The van der Waals surface area contributed by atoms with Crippen LogP contribution < -0.4 is 0 Å². The molecule has 0 unspecified atom stereocenters. The number of benzene rings is 1. The van der Waals surface area contributed by atoms with Crippen LogP contribution in [0, 0.1) is 5.92 Å². The summed E-state index contributed by atoms with van der Waals surface area (Å²) in [5.41, 5.74) is 2.15. The van der Waals surface area contributed by atoms with Crippen molar-refractivity contribution < 1.29 is 4.79 Å². The van der Waals surface area contributed by atoms with Gasteiger partial charge in [0.15, 0.2) is 5.78 Å². The predicted molar refractivity (Wildman–Crippen MR) is 73.2 cm³/mol. The van der Waals surface area contributed by atoms with Gasteiger partial charge in [0.2, 0.25) is 0 Å². The summed E-state index contributed by atoms with van der Waals surface area (Å²) in [7, 11) is 2.09. The number of likely N-dealkylation sites (N-methyl/N-ethyl adjacent to an activating group) is 1. The second-order valence-electron chi connectivity index (χ2n) is 5.61. The molecule has 2 nitrogen and oxygen atoms in total. The molecule has 3 atom stereocenters. The Hall–Kier alpha value is -1.41. The molecular weight excluding hydrogens is 222 g/mol. The zero-order valence-electron chi connectivity index (χ0n) is 11.0. The summed E-state index contributed by atoms with van der Waals surface area (Å²) in [6, 6.07) is 10.8. The Morgan fingerprint density at radius 2 is 2.00 bits per heavy atom. The second-order valence-corrected chi connectivity index (χ2v) is 5.61. The van der Waals surface area contributed by atoms with E-state index in [1.807, 2.05) is 18.2 Å². The molecule has 94 valence electrons. The topological polar surface area (TPSA) is 20.3 Å². The number of Topliss-reactive ketones (excluding diaryl/α,β-unsaturated/α-hetero) is 1. The zero-order valence-corrected chi connectivity index (χ0v) is 11.0. The predicted octanol–water partition coefficient (Wildman–Crippen LogP) is 2.75. The first kappa shape index (κ1) is 11.7. The Bertz CT molecular complexity index is 491. The number of piperidine rings is 1. The van der Waals surface area contributed by atoms with Crippen LogP contribution in [0.2, 0.25) is 0 Å². The molecule has 0 aromatic heterocycles. The molecule has 2 heterocycles. The molecule has 0 spiro atoms. The van der Waals surface area contributed by atoms with Crippen LogP contribution >= 0.6 is 0 Å². The molecule has 0 amide bonds. The number of rotatable bonds is 1. The van der Waals surface area contributed by atoms with E-state index in [1.165, 1.54) is 0 Å². The minimum absolute atomic E-state index is 0.119. The van der Waals surface area contributed by atoms with Crippen molar-refractivity contribution in [3.05, 3.63) is 41.5 Å². The van der Waals surface area contributed by atoms with Crippen LogP contribution in [0.25, 0.3) is 6.08 Å². The van der Waals surface area contributed by atoms with Crippen LogP contribution in [0.3, 0.4) is 0 Å². The van der Waals surface area contributed by atoms with Gasteiger partial charge in [-0.05, 0) is 43.0 Å². The molecule has 0 saturated carbocycles. The van der Waals surface area contributed by atoms with Gasteiger partial charge in [-0.25, -0.2) is 0 Å². The van der Waals surface area contributed by atoms with Gasteiger partial charge in [0.25, 0.3) is 0 Å². The van der Waals surface area contributed by atoms with Gasteiger partial charge in [0.1, 0.15) is 0 Å². The van der Waals surface area contributed by atoms with Crippen molar-refractivity contribution in [2.45, 2.75) is 31.8 Å². The Morgan fingerprint density at radius 1 is 1.28 bits per heavy atom. The lowest BCUT2D eigenvalue weighted by atomic mass is 9.93. The minimum atomic E-state index is 0.119. The normalized spacial score (nSPS) is 34.2. The second kappa shape index (κ2) is 4.36. The largest absolute Gasteiger partial charge is 0.293 e. The molecule has 3 rings (SSSR count). The average molecular weight is 241 g/mol. The van der Waals surface area contributed by atoms with Crippen molar-refractivity contribution >= 4 is 11.9 Å². The van der Waals surface area contributed by atoms with Crippen molar-refractivity contribution in [3.63, 3.8) is 0 Å². The Morgan fingerprint density at radius 3 is 2.72 bits per heavy atom. The number of fused-ring (bicyclic) bond motifs is 2. The van der Waals surface area contributed by atoms with E-state index in [0.29, 0.717) is 17.7 Å². The van der Waals surface area contributed by atoms with Crippen LogP contribution in [0.4, 0.5) is 0 Å². The van der Waals surface area contributed by atoms with Crippen molar-refractivity contribution in [1.82, 2.24) is 4.90 Å². The molecule has 2 heteroatoms. The molecule has 1 aromatic rings. The number of carbonyl (C=O) groups excluding carboxylic acids is 1. The standard InChI is InChI=1S/C16H19NO/c1-11-8-15-16(18)13(10-14(11)17(15)2)9-12-6-4-3-5-7-12/h3-7,9,11,14-15H,8,10H2,1-2H3/b13-9+/t11-,14+,15+/m0/s1. The van der Waals surface area contributed by atoms with Gasteiger partial charge in [0, 0.05) is 6.04 Å². The summed E-state index contributed by atoms with van der Waals surface area (Å²) in [5.74, 6) is 0.965. The maximum atomic E-state index is 12.4. The fourth-order valence-corrected chi connectivity index (χ4v) is 3.37. The first-order valence-electron chi connectivity index (χ1n) is 6.68. The number of hydrogen-bond acceptors (Lipinski definition) is 2. The van der Waals surface area contributed by atoms with E-state index in [9.17, 15) is 4.79 Å². The summed E-state index contributed by atoms with van der Waals surface area (Å²) < 4.78 is 0. The highest BCUT2D eigenvalue weighted by molar-refractivity contribution is 6.04. The maximum absolute atomic E-state index is 12.4. The Labute approximate surface area is 108 Å². The smallest absolute Gasteiger partial charge is 0.176 e. The lowest BCUT2D eigenvalue weighted by Crippen LogP contribution is -2.44. The molecule has 0 N–H and O–H groups in total. The highest BCUT2D eigenvalue weighted by Crippen LogP contribution is 2.39. The van der Waals surface area contributed by atoms with Crippen LogP contribution in [0.1, 0.15) is 25.3 Å². The van der Waals surface area contributed by atoms with Gasteiger partial charge >= 0.3 is 0 Å². The summed E-state index contributed by atoms with van der Waals surface area (Å²) >= 11 is 0. The Kier molecular flexibility index (Phi) is 2.83. The Balaban J connectivity index is 1.92. The molecule has 2 bridgehead atoms. The van der Waals surface area contributed by atoms with Crippen molar-refractivity contribution in [2.24, 2.45) is 5.92 Å². The number of ketones is 1. The molecule has 1 aromatic carbocycles. The van der Waals surface area contributed by atoms with Gasteiger partial charge in [0.05, 0.1) is 6.04 Å². The van der Waals surface area contributed by atoms with Crippen molar-refractivity contribution in [1.29, 1.82) is 0 Å². The summed E-state index contributed by atoms with van der Waals surface area (Å²) in [4.78, 5) is 14.7. The lowest BCUT2D eigenvalue weighted by Gasteiger charge is -2.32. The molecule has 2 saturated heterocycles. The van der Waals surface area contributed by atoms with Crippen molar-refractivity contribution in [3.8, 4) is 0 Å². The highest BCUT2D eigenvalue weighted by Gasteiger charge is 2.45.